The molecule has 2 aromatic rings. The van der Waals surface area contributed by atoms with E-state index >= 15 is 0 Å². The summed E-state index contributed by atoms with van der Waals surface area (Å²) in [7, 11) is 0. The highest BCUT2D eigenvalue weighted by Crippen LogP contribution is 2.18. The van der Waals surface area contributed by atoms with Crippen LogP contribution in [0.4, 0.5) is 10.5 Å². The minimum absolute atomic E-state index is 0.232. The second-order valence-corrected chi connectivity index (χ2v) is 6.61. The van der Waals surface area contributed by atoms with Gasteiger partial charge in [0.2, 0.25) is 0 Å². The Morgan fingerprint density at radius 3 is 2.80 bits per heavy atom. The van der Waals surface area contributed by atoms with Gasteiger partial charge in [-0.3, -0.25) is 4.90 Å². The number of nitrogens with one attached hydrogen (secondary N) is 2. The zero-order valence-corrected chi connectivity index (χ0v) is 14.5. The Balaban J connectivity index is 1.42. The van der Waals surface area contributed by atoms with Gasteiger partial charge in [0, 0.05) is 31.9 Å². The first-order valence-corrected chi connectivity index (χ1v) is 8.69. The number of urea groups is 1. The number of aliphatic hydroxyl groups excluding tert-OH is 1. The van der Waals surface area contributed by atoms with Crippen LogP contribution >= 0.6 is 0 Å². The predicted octanol–water partition coefficient (Wildman–Crippen LogP) is 2.54. The quantitative estimate of drug-likeness (QED) is 0.784. The van der Waals surface area contributed by atoms with E-state index < -0.39 is 6.10 Å². The lowest BCUT2D eigenvalue weighted by Crippen LogP contribution is -2.42. The van der Waals surface area contributed by atoms with Gasteiger partial charge in [-0.1, -0.05) is 36.4 Å². The maximum absolute atomic E-state index is 11.9. The van der Waals surface area contributed by atoms with Crippen molar-refractivity contribution in [3.63, 3.8) is 0 Å². The molecule has 0 aliphatic carbocycles. The molecule has 0 saturated carbocycles. The first-order valence-electron chi connectivity index (χ1n) is 8.69. The molecule has 3 N–H and O–H groups in total. The van der Waals surface area contributed by atoms with Crippen LogP contribution in [0.2, 0.25) is 0 Å². The van der Waals surface area contributed by atoms with Gasteiger partial charge in [-0.2, -0.15) is 0 Å². The van der Waals surface area contributed by atoms with E-state index in [1.54, 1.807) is 0 Å². The molecule has 2 aromatic carbocycles. The molecule has 0 saturated heterocycles. The second-order valence-electron chi connectivity index (χ2n) is 6.61. The molecule has 0 fully saturated rings. The summed E-state index contributed by atoms with van der Waals surface area (Å²) >= 11 is 0. The largest absolute Gasteiger partial charge is 0.390 e. The number of carbonyl (C=O) groups excluding carboxylic acids is 1. The number of aliphatic hydroxyl groups is 1. The highest BCUT2D eigenvalue weighted by atomic mass is 16.3. The molecule has 0 spiro atoms. The number of hydrogen-bond donors (Lipinski definition) is 3. The van der Waals surface area contributed by atoms with Crippen LogP contribution in [-0.4, -0.2) is 41.8 Å². The molecule has 2 amide bonds. The van der Waals surface area contributed by atoms with Gasteiger partial charge in [0.25, 0.3) is 0 Å². The average Bonchev–Trinajstić information content (AvgIpc) is 2.60. The van der Waals surface area contributed by atoms with Crippen molar-refractivity contribution in [2.45, 2.75) is 26.0 Å². The molecule has 0 bridgehead atoms. The lowest BCUT2D eigenvalue weighted by molar-refractivity contribution is 0.106. The van der Waals surface area contributed by atoms with Crippen molar-refractivity contribution in [1.29, 1.82) is 0 Å². The maximum atomic E-state index is 11.9. The fraction of sp³-hybridized carbons (Fsp3) is 0.350. The molecule has 1 aliphatic rings. The Hall–Kier alpha value is -2.37. The third kappa shape index (κ3) is 5.05. The Kier molecular flexibility index (Phi) is 5.68. The van der Waals surface area contributed by atoms with Gasteiger partial charge in [0.05, 0.1) is 6.10 Å². The fourth-order valence-corrected chi connectivity index (χ4v) is 3.18. The van der Waals surface area contributed by atoms with E-state index in [2.05, 4.69) is 39.8 Å². The summed E-state index contributed by atoms with van der Waals surface area (Å²) in [5.41, 5.74) is 4.55. The van der Waals surface area contributed by atoms with Crippen molar-refractivity contribution in [3.8, 4) is 0 Å². The number of amides is 2. The number of aryl methyl sites for hydroxylation is 1. The van der Waals surface area contributed by atoms with E-state index in [4.69, 9.17) is 0 Å². The van der Waals surface area contributed by atoms with Crippen LogP contribution in [0.25, 0.3) is 0 Å². The first kappa shape index (κ1) is 17.5. The minimum atomic E-state index is -0.589. The zero-order chi connectivity index (χ0) is 17.6. The molecule has 1 heterocycles. The summed E-state index contributed by atoms with van der Waals surface area (Å²) in [5.74, 6) is 0. The van der Waals surface area contributed by atoms with Crippen LogP contribution in [0.5, 0.6) is 0 Å². The van der Waals surface area contributed by atoms with Crippen LogP contribution in [0, 0.1) is 6.92 Å². The van der Waals surface area contributed by atoms with E-state index in [9.17, 15) is 9.90 Å². The zero-order valence-electron chi connectivity index (χ0n) is 14.5. The Labute approximate surface area is 148 Å². The SMILES string of the molecule is Cc1cccc(NC(=O)NCC(O)CN2CCc3ccccc3C2)c1. The summed E-state index contributed by atoms with van der Waals surface area (Å²) in [6.07, 6.45) is 0.415. The van der Waals surface area contributed by atoms with E-state index in [0.717, 1.165) is 30.8 Å². The predicted molar refractivity (Wildman–Crippen MR) is 99.6 cm³/mol. The van der Waals surface area contributed by atoms with Crippen molar-refractivity contribution in [2.24, 2.45) is 0 Å². The van der Waals surface area contributed by atoms with Gasteiger partial charge in [0.1, 0.15) is 0 Å². The van der Waals surface area contributed by atoms with E-state index in [1.165, 1.54) is 11.1 Å². The summed E-state index contributed by atoms with van der Waals surface area (Å²) in [4.78, 5) is 14.2. The van der Waals surface area contributed by atoms with Gasteiger partial charge < -0.3 is 15.7 Å². The number of benzene rings is 2. The molecule has 1 atom stereocenters. The van der Waals surface area contributed by atoms with Gasteiger partial charge in [-0.15, -0.1) is 0 Å². The monoisotopic (exact) mass is 339 g/mol. The number of anilines is 1. The van der Waals surface area contributed by atoms with Crippen LogP contribution < -0.4 is 10.6 Å². The van der Waals surface area contributed by atoms with Crippen LogP contribution in [0.3, 0.4) is 0 Å². The van der Waals surface area contributed by atoms with Gasteiger partial charge >= 0.3 is 6.03 Å². The molecule has 132 valence electrons. The van der Waals surface area contributed by atoms with Crippen LogP contribution in [-0.2, 0) is 13.0 Å². The maximum Gasteiger partial charge on any atom is 0.319 e. The standard InChI is InChI=1S/C20H25N3O2/c1-15-5-4-8-18(11-15)22-20(25)21-12-19(24)14-23-10-9-16-6-2-3-7-17(16)13-23/h2-8,11,19,24H,9-10,12-14H2,1H3,(H2,21,22,25). The average molecular weight is 339 g/mol. The van der Waals surface area contributed by atoms with E-state index in [0.29, 0.717) is 6.54 Å². The van der Waals surface area contributed by atoms with Crippen molar-refractivity contribution >= 4 is 11.7 Å². The summed E-state index contributed by atoms with van der Waals surface area (Å²) in [6, 6.07) is 15.7. The minimum Gasteiger partial charge on any atom is -0.390 e. The van der Waals surface area contributed by atoms with Crippen molar-refractivity contribution in [3.05, 3.63) is 65.2 Å². The van der Waals surface area contributed by atoms with Crippen LogP contribution in [0.15, 0.2) is 48.5 Å². The molecular formula is C20H25N3O2. The van der Waals surface area contributed by atoms with Gasteiger partial charge in [-0.25, -0.2) is 4.79 Å². The molecule has 1 unspecified atom stereocenters. The molecule has 25 heavy (non-hydrogen) atoms. The Morgan fingerprint density at radius 2 is 2.00 bits per heavy atom. The van der Waals surface area contributed by atoms with Crippen molar-refractivity contribution in [2.75, 3.05) is 25.0 Å². The number of β-amino-alcohol motifs (C(OH)–C–C–N with tert-alkyl or cyclic N) is 1. The van der Waals surface area contributed by atoms with Gasteiger partial charge in [-0.05, 0) is 42.2 Å². The topological polar surface area (TPSA) is 64.6 Å². The summed E-state index contributed by atoms with van der Waals surface area (Å²) in [6.45, 7) is 4.55. The van der Waals surface area contributed by atoms with Crippen molar-refractivity contribution < 1.29 is 9.90 Å². The number of nitrogens with zero attached hydrogens (tertiary/aromatic N) is 1. The third-order valence-corrected chi connectivity index (χ3v) is 4.45. The lowest BCUT2D eigenvalue weighted by Gasteiger charge is -2.30. The van der Waals surface area contributed by atoms with Crippen LogP contribution in [0.1, 0.15) is 16.7 Å². The van der Waals surface area contributed by atoms with Gasteiger partial charge in [0.15, 0.2) is 0 Å². The normalized spacial score (nSPS) is 15.3. The van der Waals surface area contributed by atoms with Crippen molar-refractivity contribution in [1.82, 2.24) is 10.2 Å². The molecule has 5 heteroatoms. The number of fused-ring (bicyclic) bond motifs is 1. The summed E-state index contributed by atoms with van der Waals surface area (Å²) in [5, 5.41) is 15.7. The molecule has 3 rings (SSSR count). The molecule has 5 nitrogen and oxygen atoms in total. The molecule has 0 radical (unpaired) electrons. The Morgan fingerprint density at radius 1 is 1.20 bits per heavy atom. The molecular weight excluding hydrogens is 314 g/mol. The lowest BCUT2D eigenvalue weighted by atomic mass is 10.00. The smallest absolute Gasteiger partial charge is 0.319 e. The van der Waals surface area contributed by atoms with E-state index in [-0.39, 0.29) is 12.6 Å². The number of rotatable bonds is 5. The number of carbonyl (C=O) groups is 1. The number of hydrogen-bond acceptors (Lipinski definition) is 3. The highest BCUT2D eigenvalue weighted by Gasteiger charge is 2.18. The summed E-state index contributed by atoms with van der Waals surface area (Å²) < 4.78 is 0. The highest BCUT2D eigenvalue weighted by molar-refractivity contribution is 5.89. The second kappa shape index (κ2) is 8.14. The Bertz CT molecular complexity index is 732. The van der Waals surface area contributed by atoms with E-state index in [1.807, 2.05) is 31.2 Å². The molecule has 1 aliphatic heterocycles. The fourth-order valence-electron chi connectivity index (χ4n) is 3.18. The molecule has 0 aromatic heterocycles. The first-order chi connectivity index (χ1) is 12.1. The third-order valence-electron chi connectivity index (χ3n) is 4.45.